The molecule has 0 fully saturated rings. The van der Waals surface area contributed by atoms with Crippen LogP contribution in [0.15, 0.2) is 73.1 Å². The fourth-order valence-electron chi connectivity index (χ4n) is 3.39. The van der Waals surface area contributed by atoms with E-state index in [0.717, 1.165) is 28.2 Å². The van der Waals surface area contributed by atoms with E-state index < -0.39 is 0 Å². The summed E-state index contributed by atoms with van der Waals surface area (Å²) in [6, 6.07) is 20.5. The van der Waals surface area contributed by atoms with Crippen molar-refractivity contribution >= 4 is 16.6 Å². The van der Waals surface area contributed by atoms with Crippen LogP contribution in [0.2, 0.25) is 0 Å². The molecule has 0 aliphatic heterocycles. The first-order valence-corrected chi connectivity index (χ1v) is 8.64. The number of H-pyrrole nitrogens is 1. The van der Waals surface area contributed by atoms with Crippen molar-refractivity contribution in [1.82, 2.24) is 9.97 Å². The summed E-state index contributed by atoms with van der Waals surface area (Å²) >= 11 is 0. The number of fused-ring (bicyclic) bond motifs is 1. The quantitative estimate of drug-likeness (QED) is 0.531. The maximum Gasteiger partial charge on any atom is 0.119 e. The Hall–Kier alpha value is -3.27. The first-order chi connectivity index (χ1) is 12.8. The van der Waals surface area contributed by atoms with Crippen LogP contribution < -0.4 is 10.1 Å². The van der Waals surface area contributed by atoms with E-state index in [-0.39, 0.29) is 6.04 Å². The van der Waals surface area contributed by atoms with Crippen LogP contribution in [-0.4, -0.2) is 17.1 Å². The van der Waals surface area contributed by atoms with Crippen LogP contribution >= 0.6 is 0 Å². The Morgan fingerprint density at radius 3 is 2.54 bits per heavy atom. The summed E-state index contributed by atoms with van der Waals surface area (Å²) in [7, 11) is 1.68. The average molecular weight is 343 g/mol. The van der Waals surface area contributed by atoms with Crippen molar-refractivity contribution in [2.75, 3.05) is 12.4 Å². The van der Waals surface area contributed by atoms with Gasteiger partial charge in [-0.2, -0.15) is 0 Å². The van der Waals surface area contributed by atoms with E-state index in [1.807, 2.05) is 36.5 Å². The number of nitrogens with zero attached hydrogens (tertiary/aromatic N) is 1. The van der Waals surface area contributed by atoms with Gasteiger partial charge in [-0.1, -0.05) is 24.3 Å². The average Bonchev–Trinajstić information content (AvgIpc) is 3.03. The van der Waals surface area contributed by atoms with Gasteiger partial charge in [-0.15, -0.1) is 0 Å². The lowest BCUT2D eigenvalue weighted by Gasteiger charge is -2.21. The molecule has 2 heterocycles. The zero-order valence-electron chi connectivity index (χ0n) is 14.9. The van der Waals surface area contributed by atoms with E-state index in [9.17, 15) is 0 Å². The molecule has 0 aliphatic carbocycles. The van der Waals surface area contributed by atoms with E-state index >= 15 is 0 Å². The van der Waals surface area contributed by atoms with Crippen molar-refractivity contribution in [3.63, 3.8) is 0 Å². The van der Waals surface area contributed by atoms with E-state index in [4.69, 9.17) is 4.74 Å². The highest BCUT2D eigenvalue weighted by molar-refractivity contribution is 5.86. The second kappa shape index (κ2) is 6.92. The Morgan fingerprint density at radius 1 is 1.00 bits per heavy atom. The molecule has 2 aromatic heterocycles. The molecule has 0 aliphatic rings. The molecular formula is C22H21N3O. The number of hydrogen-bond donors (Lipinski definition) is 2. The Kier molecular flexibility index (Phi) is 4.32. The summed E-state index contributed by atoms with van der Waals surface area (Å²) < 4.78 is 5.27. The number of anilines is 1. The van der Waals surface area contributed by atoms with Crippen molar-refractivity contribution in [3.8, 4) is 5.75 Å². The van der Waals surface area contributed by atoms with E-state index in [0.29, 0.717) is 0 Å². The zero-order chi connectivity index (χ0) is 17.9. The van der Waals surface area contributed by atoms with Gasteiger partial charge in [-0.3, -0.25) is 4.98 Å². The highest BCUT2D eigenvalue weighted by atomic mass is 16.5. The monoisotopic (exact) mass is 343 g/mol. The number of ether oxygens (including phenoxy) is 1. The van der Waals surface area contributed by atoms with E-state index in [2.05, 4.69) is 52.5 Å². The van der Waals surface area contributed by atoms with Crippen molar-refractivity contribution in [3.05, 3.63) is 89.9 Å². The minimum Gasteiger partial charge on any atom is -0.497 e. The van der Waals surface area contributed by atoms with Crippen LogP contribution in [0.4, 0.5) is 5.69 Å². The molecule has 0 bridgehead atoms. The number of hydrogen-bond acceptors (Lipinski definition) is 3. The molecule has 1 atom stereocenters. The molecule has 4 aromatic rings. The Labute approximate surface area is 152 Å². The Balaban J connectivity index is 1.81. The second-order valence-corrected chi connectivity index (χ2v) is 6.30. The van der Waals surface area contributed by atoms with Crippen LogP contribution in [0.3, 0.4) is 0 Å². The zero-order valence-corrected chi connectivity index (χ0v) is 14.9. The summed E-state index contributed by atoms with van der Waals surface area (Å²) in [5.41, 5.74) is 5.69. The molecule has 2 N–H and O–H groups in total. The van der Waals surface area contributed by atoms with Gasteiger partial charge in [0, 0.05) is 40.2 Å². The Bertz CT molecular complexity index is 1010. The fourth-order valence-corrected chi connectivity index (χ4v) is 3.39. The van der Waals surface area contributed by atoms with Crippen LogP contribution in [0.5, 0.6) is 5.75 Å². The Morgan fingerprint density at radius 2 is 1.81 bits per heavy atom. The third kappa shape index (κ3) is 3.02. The first-order valence-electron chi connectivity index (χ1n) is 8.64. The van der Waals surface area contributed by atoms with Crippen molar-refractivity contribution in [1.29, 1.82) is 0 Å². The molecule has 0 saturated carbocycles. The summed E-state index contributed by atoms with van der Waals surface area (Å²) in [5, 5.41) is 4.89. The van der Waals surface area contributed by atoms with Gasteiger partial charge in [-0.25, -0.2) is 0 Å². The molecule has 0 amide bonds. The summed E-state index contributed by atoms with van der Waals surface area (Å²) in [6.07, 6.45) is 3.72. The van der Waals surface area contributed by atoms with Crippen LogP contribution in [0.25, 0.3) is 10.9 Å². The molecule has 4 nitrogen and oxygen atoms in total. The highest BCUT2D eigenvalue weighted by Crippen LogP contribution is 2.34. The molecule has 0 saturated heterocycles. The highest BCUT2D eigenvalue weighted by Gasteiger charge is 2.21. The molecule has 2 aromatic carbocycles. The number of aryl methyl sites for hydroxylation is 1. The lowest BCUT2D eigenvalue weighted by molar-refractivity contribution is 0.415. The minimum absolute atomic E-state index is 0.00625. The van der Waals surface area contributed by atoms with Gasteiger partial charge in [0.1, 0.15) is 5.75 Å². The predicted octanol–water partition coefficient (Wildman–Crippen LogP) is 5.08. The van der Waals surface area contributed by atoms with Crippen molar-refractivity contribution in [2.24, 2.45) is 0 Å². The molecule has 4 rings (SSSR count). The molecule has 0 radical (unpaired) electrons. The summed E-state index contributed by atoms with van der Waals surface area (Å²) in [6.45, 7) is 2.12. The van der Waals surface area contributed by atoms with Crippen molar-refractivity contribution in [2.45, 2.75) is 13.0 Å². The standard InChI is InChI=1S/C22H21N3O/c1-15-21(19-7-3-4-8-20(19)24-15)22(16-6-5-13-23-14-16)25-17-9-11-18(26-2)12-10-17/h3-14,22,24-25H,1-2H3/t22-/m0/s1. The molecule has 4 heteroatoms. The largest absolute Gasteiger partial charge is 0.497 e. The normalized spacial score (nSPS) is 12.1. The summed E-state index contributed by atoms with van der Waals surface area (Å²) in [4.78, 5) is 7.82. The van der Waals surface area contributed by atoms with E-state index in [1.165, 1.54) is 10.9 Å². The second-order valence-electron chi connectivity index (χ2n) is 6.30. The maximum absolute atomic E-state index is 5.27. The molecule has 130 valence electrons. The topological polar surface area (TPSA) is 49.9 Å². The third-order valence-corrected chi connectivity index (χ3v) is 4.65. The fraction of sp³-hybridized carbons (Fsp3) is 0.136. The minimum atomic E-state index is -0.00625. The van der Waals surface area contributed by atoms with Gasteiger partial charge in [-0.05, 0) is 48.9 Å². The van der Waals surface area contributed by atoms with E-state index in [1.54, 1.807) is 13.3 Å². The van der Waals surface area contributed by atoms with Gasteiger partial charge in [0.05, 0.1) is 13.2 Å². The number of pyridine rings is 1. The number of aromatic amines is 1. The van der Waals surface area contributed by atoms with Gasteiger partial charge in [0.2, 0.25) is 0 Å². The van der Waals surface area contributed by atoms with Gasteiger partial charge in [0.15, 0.2) is 0 Å². The third-order valence-electron chi connectivity index (χ3n) is 4.65. The lowest BCUT2D eigenvalue weighted by Crippen LogP contribution is -2.13. The SMILES string of the molecule is COc1ccc(N[C@@H](c2cccnc2)c2c(C)[nH]c3ccccc23)cc1. The number of aromatic nitrogens is 2. The van der Waals surface area contributed by atoms with Gasteiger partial charge in [0.25, 0.3) is 0 Å². The predicted molar refractivity (Wildman–Crippen MR) is 106 cm³/mol. The summed E-state index contributed by atoms with van der Waals surface area (Å²) in [5.74, 6) is 0.844. The molecular weight excluding hydrogens is 322 g/mol. The number of methoxy groups -OCH3 is 1. The molecule has 0 spiro atoms. The smallest absolute Gasteiger partial charge is 0.119 e. The van der Waals surface area contributed by atoms with Gasteiger partial charge >= 0.3 is 0 Å². The number of benzene rings is 2. The lowest BCUT2D eigenvalue weighted by atomic mass is 9.97. The first kappa shape index (κ1) is 16.2. The van der Waals surface area contributed by atoms with Gasteiger partial charge < -0.3 is 15.0 Å². The van der Waals surface area contributed by atoms with Crippen LogP contribution in [0.1, 0.15) is 22.9 Å². The van der Waals surface area contributed by atoms with Crippen LogP contribution in [0, 0.1) is 6.92 Å². The molecule has 26 heavy (non-hydrogen) atoms. The number of nitrogens with one attached hydrogen (secondary N) is 2. The van der Waals surface area contributed by atoms with Crippen molar-refractivity contribution < 1.29 is 4.74 Å². The number of rotatable bonds is 5. The van der Waals surface area contributed by atoms with Crippen LogP contribution in [-0.2, 0) is 0 Å². The maximum atomic E-state index is 5.27. The number of para-hydroxylation sites is 1. The molecule has 0 unspecified atom stereocenters.